The Labute approximate surface area is 409 Å². The molecule has 0 bridgehead atoms. The molecule has 0 spiro atoms. The van der Waals surface area contributed by atoms with Crippen LogP contribution >= 0.6 is 34.0 Å². The van der Waals surface area contributed by atoms with Crippen LogP contribution < -0.4 is 14.7 Å². The summed E-state index contributed by atoms with van der Waals surface area (Å²) in [7, 11) is 0. The van der Waals surface area contributed by atoms with E-state index in [4.69, 9.17) is 9.97 Å². The average Bonchev–Trinajstić information content (AvgIpc) is 4.18. The Kier molecular flexibility index (Phi) is 18.9. The van der Waals surface area contributed by atoms with Crippen molar-refractivity contribution in [2.75, 3.05) is 54.0 Å². The van der Waals surface area contributed by atoms with Crippen LogP contribution in [0.4, 0.5) is 17.1 Å². The number of hydrogen-bond acceptors (Lipinski definition) is 8. The molecule has 0 saturated carbocycles. The van der Waals surface area contributed by atoms with Crippen molar-refractivity contribution < 1.29 is 0 Å². The fourth-order valence-electron chi connectivity index (χ4n) is 8.40. The monoisotopic (exact) mass is 936 g/mol. The van der Waals surface area contributed by atoms with E-state index < -0.39 is 0 Å². The van der Waals surface area contributed by atoms with Crippen LogP contribution in [-0.2, 0) is 0 Å². The van der Waals surface area contributed by atoms with Gasteiger partial charge in [-0.3, -0.25) is 0 Å². The third kappa shape index (κ3) is 13.0. The Hall–Kier alpha value is -4.76. The lowest BCUT2D eigenvalue weighted by Crippen LogP contribution is -2.25. The van der Waals surface area contributed by atoms with E-state index in [1.807, 2.05) is 22.7 Å². The molecule has 3 aromatic carbocycles. The van der Waals surface area contributed by atoms with Gasteiger partial charge in [-0.05, 0) is 134 Å². The van der Waals surface area contributed by atoms with Crippen molar-refractivity contribution in [2.45, 2.75) is 119 Å². The molecule has 0 radical (unpaired) electrons. The normalized spacial score (nSPS) is 11.4. The van der Waals surface area contributed by atoms with Gasteiger partial charge in [-0.15, -0.1) is 34.0 Å². The first-order valence-corrected chi connectivity index (χ1v) is 27.7. The summed E-state index contributed by atoms with van der Waals surface area (Å²) in [5.41, 5.74) is 9.61. The second-order valence-electron chi connectivity index (χ2n) is 17.7. The fourth-order valence-corrected chi connectivity index (χ4v) is 11.3. The predicted molar refractivity (Wildman–Crippen MR) is 294 cm³/mol. The van der Waals surface area contributed by atoms with Crippen molar-refractivity contribution in [1.82, 2.24) is 9.97 Å². The van der Waals surface area contributed by atoms with Gasteiger partial charge in [-0.2, -0.15) is 0 Å². The molecule has 0 N–H and O–H groups in total. The smallest absolute Gasteiger partial charge is 0.170 e. The Morgan fingerprint density at radius 2 is 0.576 bits per heavy atom. The van der Waals surface area contributed by atoms with Crippen LogP contribution in [-0.4, -0.2) is 49.2 Å². The molecule has 8 heteroatoms. The van der Waals surface area contributed by atoms with Crippen LogP contribution in [0.15, 0.2) is 115 Å². The second-order valence-corrected chi connectivity index (χ2v) is 20.9. The van der Waals surface area contributed by atoms with Crippen molar-refractivity contribution in [1.29, 1.82) is 0 Å². The maximum atomic E-state index is 5.33. The highest BCUT2D eigenvalue weighted by atomic mass is 32.1. The lowest BCUT2D eigenvalue weighted by Gasteiger charge is -2.24. The maximum Gasteiger partial charge on any atom is 0.170 e. The summed E-state index contributed by atoms with van der Waals surface area (Å²) in [5, 5.41) is 0. The van der Waals surface area contributed by atoms with E-state index >= 15 is 0 Å². The van der Waals surface area contributed by atoms with Gasteiger partial charge in [-0.1, -0.05) is 116 Å². The van der Waals surface area contributed by atoms with E-state index in [1.165, 1.54) is 125 Å². The fraction of sp³-hybridized carbons (Fsp3) is 0.414. The Bertz CT molecular complexity index is 2170. The van der Waals surface area contributed by atoms with Crippen molar-refractivity contribution >= 4 is 51.1 Å². The molecule has 0 amide bonds. The molecule has 4 heterocycles. The quantitative estimate of drug-likeness (QED) is 0.0513. The zero-order valence-electron chi connectivity index (χ0n) is 40.7. The van der Waals surface area contributed by atoms with Gasteiger partial charge < -0.3 is 14.7 Å². The molecule has 0 unspecified atom stereocenters. The Balaban J connectivity index is 1.19. The zero-order valence-corrected chi connectivity index (χ0v) is 43.1. The van der Waals surface area contributed by atoms with E-state index in [-0.39, 0.29) is 0 Å². The summed E-state index contributed by atoms with van der Waals surface area (Å²) in [4.78, 5) is 25.5. The summed E-state index contributed by atoms with van der Waals surface area (Å²) < 4.78 is 0. The molecule has 0 saturated heterocycles. The minimum Gasteiger partial charge on any atom is -0.372 e. The molecule has 348 valence electrons. The van der Waals surface area contributed by atoms with Crippen molar-refractivity contribution in [3.8, 4) is 63.2 Å². The molecule has 0 atom stereocenters. The van der Waals surface area contributed by atoms with Crippen molar-refractivity contribution in [2.24, 2.45) is 0 Å². The number of unbranched alkanes of at least 4 members (excludes halogenated alkanes) is 6. The van der Waals surface area contributed by atoms with Gasteiger partial charge in [0.1, 0.15) is 0 Å². The highest BCUT2D eigenvalue weighted by Gasteiger charge is 2.18. The number of nitrogens with zero attached hydrogens (tertiary/aromatic N) is 5. The highest BCUT2D eigenvalue weighted by Crippen LogP contribution is 2.41. The maximum absolute atomic E-state index is 5.33. The summed E-state index contributed by atoms with van der Waals surface area (Å²) in [5.74, 6) is 0.776. The molecule has 4 aromatic heterocycles. The number of anilines is 3. The van der Waals surface area contributed by atoms with Gasteiger partial charge in [0.2, 0.25) is 0 Å². The Morgan fingerprint density at radius 3 is 0.864 bits per heavy atom. The lowest BCUT2D eigenvalue weighted by atomic mass is 10.1. The highest BCUT2D eigenvalue weighted by molar-refractivity contribution is 7.19. The number of benzene rings is 3. The molecule has 66 heavy (non-hydrogen) atoms. The first kappa shape index (κ1) is 49.2. The number of aromatic nitrogens is 2. The van der Waals surface area contributed by atoms with E-state index in [9.17, 15) is 0 Å². The third-order valence-electron chi connectivity index (χ3n) is 12.5. The first-order valence-electron chi connectivity index (χ1n) is 25.2. The van der Waals surface area contributed by atoms with Gasteiger partial charge >= 0.3 is 0 Å². The minimum atomic E-state index is 0.776. The number of hydrogen-bond donors (Lipinski definition) is 0. The number of rotatable bonds is 27. The van der Waals surface area contributed by atoms with Gasteiger partial charge in [0.25, 0.3) is 0 Å². The summed E-state index contributed by atoms with van der Waals surface area (Å²) >= 11 is 5.41. The molecule has 0 aliphatic heterocycles. The van der Waals surface area contributed by atoms with Gasteiger partial charge in [0.15, 0.2) is 5.82 Å². The predicted octanol–water partition coefficient (Wildman–Crippen LogP) is 17.9. The molecule has 7 rings (SSSR count). The van der Waals surface area contributed by atoms with Gasteiger partial charge in [0.05, 0.1) is 26.0 Å². The van der Waals surface area contributed by atoms with E-state index in [0.717, 1.165) is 71.1 Å². The van der Waals surface area contributed by atoms with E-state index in [0.29, 0.717) is 0 Å². The van der Waals surface area contributed by atoms with E-state index in [1.54, 1.807) is 11.3 Å². The van der Waals surface area contributed by atoms with Crippen LogP contribution in [0.25, 0.3) is 63.2 Å². The molecular weight excluding hydrogens is 863 g/mol. The molecule has 0 aliphatic carbocycles. The summed E-state index contributed by atoms with van der Waals surface area (Å²) in [6, 6.07) is 43.3. The lowest BCUT2D eigenvalue weighted by molar-refractivity contribution is 0.678. The van der Waals surface area contributed by atoms with Crippen LogP contribution in [0, 0.1) is 0 Å². The van der Waals surface area contributed by atoms with Gasteiger partial charge in [0, 0.05) is 71.0 Å². The summed E-state index contributed by atoms with van der Waals surface area (Å²) in [6.45, 7) is 20.3. The topological polar surface area (TPSA) is 35.5 Å². The first-order chi connectivity index (χ1) is 32.4. The van der Waals surface area contributed by atoms with Crippen molar-refractivity contribution in [3.63, 3.8) is 0 Å². The van der Waals surface area contributed by atoms with Crippen molar-refractivity contribution in [3.05, 3.63) is 115 Å². The SMILES string of the molecule is CCCCN(CCCC)c1ccc(-c2ccc(-c3cc(-c4ccc(-c5ccc(N(CCCC)CCCC)cc5)s4)nc(-c4ccc(-c5ccc(N(CCCC)CCCC)cc5)s4)n3)s2)cc1. The summed E-state index contributed by atoms with van der Waals surface area (Å²) in [6.07, 6.45) is 14.6. The zero-order chi connectivity index (χ0) is 46.1. The van der Waals surface area contributed by atoms with Gasteiger partial charge in [-0.25, -0.2) is 9.97 Å². The molecule has 7 aromatic rings. The van der Waals surface area contributed by atoms with E-state index in [2.05, 4.69) is 172 Å². The molecule has 5 nitrogen and oxygen atoms in total. The average molecular weight is 936 g/mol. The second kappa shape index (κ2) is 25.4. The van der Waals surface area contributed by atoms with Crippen LogP contribution in [0.2, 0.25) is 0 Å². The minimum absolute atomic E-state index is 0.776. The molecule has 0 aliphatic rings. The van der Waals surface area contributed by atoms with Crippen LogP contribution in [0.3, 0.4) is 0 Å². The number of thiophene rings is 3. The molecular formula is C58H73N5S3. The molecule has 0 fully saturated rings. The van der Waals surface area contributed by atoms with Crippen LogP contribution in [0.5, 0.6) is 0 Å². The third-order valence-corrected chi connectivity index (χ3v) is 16.0. The standard InChI is InChI=1S/C58H73N5S3/c1-7-13-37-61(38-14-8-2)47-25-19-44(20-26-47)52-31-34-55(64-52)50-43-51(56-35-32-53(65-56)45-21-27-48(28-22-45)62(39-15-9-3)40-16-10-4)60-58(59-50)57-36-33-54(66-57)46-23-29-49(30-24-46)63(41-17-11-5)42-18-12-6/h19-36,43H,7-18,37-42H2,1-6H3. The van der Waals surface area contributed by atoms with Crippen LogP contribution in [0.1, 0.15) is 119 Å². The largest absolute Gasteiger partial charge is 0.372 e. The Morgan fingerprint density at radius 1 is 0.318 bits per heavy atom.